The van der Waals surface area contributed by atoms with Gasteiger partial charge in [-0.3, -0.25) is 9.59 Å². The van der Waals surface area contributed by atoms with Gasteiger partial charge in [0.2, 0.25) is 11.8 Å². The van der Waals surface area contributed by atoms with Crippen molar-refractivity contribution < 1.29 is 9.59 Å². The van der Waals surface area contributed by atoms with Gasteiger partial charge in [0, 0.05) is 24.9 Å². The molecule has 2 saturated heterocycles. The molecule has 0 spiro atoms. The molecule has 2 amide bonds. The van der Waals surface area contributed by atoms with Gasteiger partial charge in [-0.1, -0.05) is 26.0 Å². The molecule has 0 N–H and O–H groups in total. The van der Waals surface area contributed by atoms with E-state index in [0.29, 0.717) is 6.42 Å². The van der Waals surface area contributed by atoms with Gasteiger partial charge in [0.1, 0.15) is 0 Å². The van der Waals surface area contributed by atoms with E-state index >= 15 is 0 Å². The molecular formula is C17H26N2O2. The summed E-state index contributed by atoms with van der Waals surface area (Å²) in [6.45, 7) is 8.98. The Labute approximate surface area is 127 Å². The highest BCUT2D eigenvalue weighted by Crippen LogP contribution is 2.29. The Morgan fingerprint density at radius 1 is 0.857 bits per heavy atom. The van der Waals surface area contributed by atoms with E-state index in [1.807, 2.05) is 0 Å². The van der Waals surface area contributed by atoms with E-state index in [-0.39, 0.29) is 23.7 Å². The van der Waals surface area contributed by atoms with E-state index < -0.39 is 0 Å². The number of carbonyl (C=O) groups excluding carboxylic acids is 2. The van der Waals surface area contributed by atoms with Gasteiger partial charge in [-0.05, 0) is 44.5 Å². The normalized spacial score (nSPS) is 28.0. The molecule has 0 aliphatic carbocycles. The molecule has 116 valence electrons. The summed E-state index contributed by atoms with van der Waals surface area (Å²) in [5.74, 6) is 0.211. The first kappa shape index (κ1) is 15.8. The second-order valence-corrected chi connectivity index (χ2v) is 6.05. The van der Waals surface area contributed by atoms with Crippen molar-refractivity contribution in [2.45, 2.75) is 44.9 Å². The number of hydrogen-bond donors (Lipinski definition) is 0. The van der Waals surface area contributed by atoms with Gasteiger partial charge in [-0.15, -0.1) is 0 Å². The van der Waals surface area contributed by atoms with Crippen molar-refractivity contribution in [3.05, 3.63) is 25.6 Å². The van der Waals surface area contributed by atoms with E-state index in [1.54, 1.807) is 22.2 Å². The van der Waals surface area contributed by atoms with Crippen LogP contribution in [0.4, 0.5) is 0 Å². The second kappa shape index (κ2) is 7.43. The zero-order chi connectivity index (χ0) is 15.2. The zero-order valence-electron chi connectivity index (χ0n) is 12.8. The van der Waals surface area contributed by atoms with E-state index in [9.17, 15) is 9.59 Å². The number of carbonyl (C=O) groups is 2. The minimum absolute atomic E-state index is 0.0378. The lowest BCUT2D eigenvalue weighted by atomic mass is 9.87. The Morgan fingerprint density at radius 3 is 1.67 bits per heavy atom. The van der Waals surface area contributed by atoms with Crippen LogP contribution in [-0.4, -0.2) is 34.7 Å². The summed E-state index contributed by atoms with van der Waals surface area (Å²) in [5, 5.41) is 0. The predicted molar refractivity (Wildman–Crippen MR) is 83.1 cm³/mol. The molecule has 2 unspecified atom stereocenters. The molecule has 0 aromatic rings. The lowest BCUT2D eigenvalue weighted by Gasteiger charge is -2.25. The summed E-state index contributed by atoms with van der Waals surface area (Å²) in [7, 11) is 0. The first-order chi connectivity index (χ1) is 10.2. The molecule has 0 saturated carbocycles. The lowest BCUT2D eigenvalue weighted by molar-refractivity contribution is -0.136. The molecule has 4 nitrogen and oxygen atoms in total. The Kier molecular flexibility index (Phi) is 5.59. The molecule has 21 heavy (non-hydrogen) atoms. The summed E-state index contributed by atoms with van der Waals surface area (Å²) >= 11 is 0. The second-order valence-electron chi connectivity index (χ2n) is 6.05. The van der Waals surface area contributed by atoms with Gasteiger partial charge in [0.25, 0.3) is 0 Å². The van der Waals surface area contributed by atoms with E-state index in [1.165, 1.54) is 0 Å². The maximum Gasteiger partial charge on any atom is 0.229 e. The van der Waals surface area contributed by atoms with Crippen LogP contribution in [0.25, 0.3) is 0 Å². The standard InChI is InChI=1S/C17H26N2O2/c1-3-18-11-7-5-9-14(16(18)20)13-15-10-6-8-12-19(4-2)17(15)21/h3-4,14-15H,1-2,5-13H2. The lowest BCUT2D eigenvalue weighted by Crippen LogP contribution is -2.35. The minimum atomic E-state index is -0.0378. The Morgan fingerprint density at radius 2 is 1.29 bits per heavy atom. The van der Waals surface area contributed by atoms with Crippen LogP contribution in [0, 0.1) is 11.8 Å². The SMILES string of the molecule is C=CN1CCCCC(CC2CCCCN(C=C)C2=O)C1=O. The Bertz CT molecular complexity index is 381. The fourth-order valence-electron chi connectivity index (χ4n) is 3.43. The maximum atomic E-state index is 12.5. The molecule has 0 radical (unpaired) electrons. The summed E-state index contributed by atoms with van der Waals surface area (Å²) in [5.41, 5.74) is 0. The zero-order valence-corrected chi connectivity index (χ0v) is 12.8. The molecule has 2 rings (SSSR count). The minimum Gasteiger partial charge on any atom is -0.319 e. The molecule has 0 aromatic carbocycles. The van der Waals surface area contributed by atoms with E-state index in [0.717, 1.165) is 51.6 Å². The van der Waals surface area contributed by atoms with Crippen LogP contribution in [0.5, 0.6) is 0 Å². The van der Waals surface area contributed by atoms with Crippen LogP contribution in [0.15, 0.2) is 25.6 Å². The summed E-state index contributed by atoms with van der Waals surface area (Å²) in [4.78, 5) is 28.5. The average Bonchev–Trinajstić information content (AvgIpc) is 2.77. The van der Waals surface area contributed by atoms with Crippen molar-refractivity contribution in [1.82, 2.24) is 9.80 Å². The maximum absolute atomic E-state index is 12.5. The average molecular weight is 290 g/mol. The van der Waals surface area contributed by atoms with Gasteiger partial charge in [0.05, 0.1) is 0 Å². The highest BCUT2D eigenvalue weighted by molar-refractivity contribution is 5.83. The van der Waals surface area contributed by atoms with Crippen LogP contribution >= 0.6 is 0 Å². The van der Waals surface area contributed by atoms with Gasteiger partial charge in [0.15, 0.2) is 0 Å². The van der Waals surface area contributed by atoms with Crippen molar-refractivity contribution in [1.29, 1.82) is 0 Å². The highest BCUT2D eigenvalue weighted by Gasteiger charge is 2.33. The van der Waals surface area contributed by atoms with E-state index in [4.69, 9.17) is 0 Å². The third-order valence-electron chi connectivity index (χ3n) is 4.68. The van der Waals surface area contributed by atoms with E-state index in [2.05, 4.69) is 13.2 Å². The van der Waals surface area contributed by atoms with Crippen LogP contribution < -0.4 is 0 Å². The monoisotopic (exact) mass is 290 g/mol. The topological polar surface area (TPSA) is 40.6 Å². The number of rotatable bonds is 4. The fourth-order valence-corrected chi connectivity index (χ4v) is 3.43. The Hall–Kier alpha value is -1.58. The van der Waals surface area contributed by atoms with Crippen LogP contribution in [-0.2, 0) is 9.59 Å². The Balaban J connectivity index is 2.07. The number of hydrogen-bond acceptors (Lipinski definition) is 2. The van der Waals surface area contributed by atoms with Crippen molar-refractivity contribution in [2.24, 2.45) is 11.8 Å². The molecule has 0 aromatic heterocycles. The van der Waals surface area contributed by atoms with Gasteiger partial charge < -0.3 is 9.80 Å². The summed E-state index contributed by atoms with van der Waals surface area (Å²) < 4.78 is 0. The number of likely N-dealkylation sites (tertiary alicyclic amines) is 2. The molecule has 2 aliphatic rings. The van der Waals surface area contributed by atoms with Gasteiger partial charge in [-0.25, -0.2) is 0 Å². The van der Waals surface area contributed by atoms with Crippen molar-refractivity contribution in [2.75, 3.05) is 13.1 Å². The smallest absolute Gasteiger partial charge is 0.229 e. The van der Waals surface area contributed by atoms with Crippen molar-refractivity contribution in [3.8, 4) is 0 Å². The van der Waals surface area contributed by atoms with Crippen LogP contribution in [0.1, 0.15) is 44.9 Å². The van der Waals surface area contributed by atoms with Gasteiger partial charge >= 0.3 is 0 Å². The summed E-state index contributed by atoms with van der Waals surface area (Å²) in [6, 6.07) is 0. The largest absolute Gasteiger partial charge is 0.319 e. The first-order valence-electron chi connectivity index (χ1n) is 8.03. The van der Waals surface area contributed by atoms with Gasteiger partial charge in [-0.2, -0.15) is 0 Å². The molecular weight excluding hydrogens is 264 g/mol. The quantitative estimate of drug-likeness (QED) is 0.798. The molecule has 2 heterocycles. The van der Waals surface area contributed by atoms with Crippen LogP contribution in [0.2, 0.25) is 0 Å². The molecule has 2 atom stereocenters. The highest BCUT2D eigenvalue weighted by atomic mass is 16.2. The third kappa shape index (κ3) is 3.74. The third-order valence-corrected chi connectivity index (χ3v) is 4.68. The predicted octanol–water partition coefficient (Wildman–Crippen LogP) is 2.92. The summed E-state index contributed by atoms with van der Waals surface area (Å²) in [6.07, 6.45) is 9.85. The molecule has 2 aliphatic heterocycles. The number of amides is 2. The molecule has 2 fully saturated rings. The number of nitrogens with zero attached hydrogens (tertiary/aromatic N) is 2. The van der Waals surface area contributed by atoms with Crippen molar-refractivity contribution in [3.63, 3.8) is 0 Å². The molecule has 0 bridgehead atoms. The van der Waals surface area contributed by atoms with Crippen molar-refractivity contribution >= 4 is 11.8 Å². The molecule has 4 heteroatoms. The van der Waals surface area contributed by atoms with Crippen LogP contribution in [0.3, 0.4) is 0 Å². The fraction of sp³-hybridized carbons (Fsp3) is 0.647. The first-order valence-corrected chi connectivity index (χ1v) is 8.03.